The number of ether oxygens (including phenoxy) is 3. The Hall–Kier alpha value is -3.71. The average molecular weight is 439 g/mol. The van der Waals surface area contributed by atoms with Crippen LogP contribution in [0.1, 0.15) is 10.4 Å². The van der Waals surface area contributed by atoms with E-state index in [1.54, 1.807) is 42.5 Å². The van der Waals surface area contributed by atoms with Crippen LogP contribution in [-0.2, 0) is 0 Å². The van der Waals surface area contributed by atoms with Crippen LogP contribution < -0.4 is 19.5 Å². The van der Waals surface area contributed by atoms with Gasteiger partial charge in [-0.15, -0.1) is 0 Å². The summed E-state index contributed by atoms with van der Waals surface area (Å²) in [7, 11) is 4.50. The summed E-state index contributed by atoms with van der Waals surface area (Å²) >= 11 is 6.00. The number of nitrogens with zero attached hydrogens (tertiary/aromatic N) is 1. The van der Waals surface area contributed by atoms with Crippen LogP contribution in [0.15, 0.2) is 59.0 Å². The van der Waals surface area contributed by atoms with E-state index in [1.807, 2.05) is 12.1 Å². The number of benzene rings is 3. The maximum absolute atomic E-state index is 12.7. The van der Waals surface area contributed by atoms with Crippen molar-refractivity contribution in [1.82, 2.24) is 4.98 Å². The fourth-order valence-electron chi connectivity index (χ4n) is 3.14. The van der Waals surface area contributed by atoms with Gasteiger partial charge in [-0.3, -0.25) is 4.79 Å². The van der Waals surface area contributed by atoms with Gasteiger partial charge in [-0.25, -0.2) is 4.98 Å². The molecule has 0 radical (unpaired) electrons. The topological polar surface area (TPSA) is 82.8 Å². The van der Waals surface area contributed by atoms with E-state index in [4.69, 9.17) is 30.2 Å². The Bertz CT molecular complexity index is 1230. The third-order valence-corrected chi connectivity index (χ3v) is 4.90. The minimum atomic E-state index is -0.316. The van der Waals surface area contributed by atoms with E-state index in [-0.39, 0.29) is 5.91 Å². The van der Waals surface area contributed by atoms with Crippen LogP contribution in [0.5, 0.6) is 17.2 Å². The Balaban J connectivity index is 1.55. The number of oxazole rings is 1. The highest BCUT2D eigenvalue weighted by molar-refractivity contribution is 6.31. The fourth-order valence-corrected chi connectivity index (χ4v) is 3.30. The van der Waals surface area contributed by atoms with Gasteiger partial charge in [-0.05, 0) is 54.6 Å². The van der Waals surface area contributed by atoms with Gasteiger partial charge < -0.3 is 23.9 Å². The highest BCUT2D eigenvalue weighted by Gasteiger charge is 2.17. The molecule has 1 N–H and O–H groups in total. The number of anilines is 1. The Morgan fingerprint density at radius 3 is 2.23 bits per heavy atom. The number of aromatic nitrogens is 1. The SMILES string of the molecule is COc1cc(C(=O)Nc2ccc(-c3nc4cc(Cl)ccc4o3)cc2)cc(OC)c1OC. The molecule has 1 amide bonds. The first-order chi connectivity index (χ1) is 15.0. The summed E-state index contributed by atoms with van der Waals surface area (Å²) in [4.78, 5) is 17.2. The predicted octanol–water partition coefficient (Wildman–Crippen LogP) is 5.43. The van der Waals surface area contributed by atoms with Crippen molar-refractivity contribution in [2.45, 2.75) is 0 Å². The summed E-state index contributed by atoms with van der Waals surface area (Å²) < 4.78 is 21.7. The highest BCUT2D eigenvalue weighted by Crippen LogP contribution is 2.38. The summed E-state index contributed by atoms with van der Waals surface area (Å²) in [5, 5.41) is 3.45. The van der Waals surface area contributed by atoms with Crippen molar-refractivity contribution >= 4 is 34.3 Å². The molecule has 158 valence electrons. The minimum absolute atomic E-state index is 0.316. The first-order valence-electron chi connectivity index (χ1n) is 9.30. The molecule has 4 rings (SSSR count). The Morgan fingerprint density at radius 2 is 1.61 bits per heavy atom. The molecule has 4 aromatic rings. The van der Waals surface area contributed by atoms with E-state index in [0.29, 0.717) is 50.5 Å². The highest BCUT2D eigenvalue weighted by atomic mass is 35.5. The van der Waals surface area contributed by atoms with Gasteiger partial charge in [-0.2, -0.15) is 0 Å². The van der Waals surface area contributed by atoms with E-state index in [0.717, 1.165) is 5.56 Å². The zero-order chi connectivity index (χ0) is 22.0. The lowest BCUT2D eigenvalue weighted by molar-refractivity contribution is 0.102. The molecule has 0 fully saturated rings. The average Bonchev–Trinajstić information content (AvgIpc) is 3.21. The van der Waals surface area contributed by atoms with Crippen molar-refractivity contribution in [2.24, 2.45) is 0 Å². The molecule has 1 heterocycles. The molecule has 0 unspecified atom stereocenters. The zero-order valence-corrected chi connectivity index (χ0v) is 17.8. The molecular weight excluding hydrogens is 420 g/mol. The van der Waals surface area contributed by atoms with Gasteiger partial charge in [0.2, 0.25) is 11.6 Å². The molecular formula is C23H19ClN2O5. The number of nitrogens with one attached hydrogen (secondary N) is 1. The zero-order valence-electron chi connectivity index (χ0n) is 17.1. The lowest BCUT2D eigenvalue weighted by Gasteiger charge is -2.14. The Morgan fingerprint density at radius 1 is 0.935 bits per heavy atom. The summed E-state index contributed by atoms with van der Waals surface area (Å²) in [6, 6.07) is 15.6. The second-order valence-electron chi connectivity index (χ2n) is 6.58. The molecule has 0 aliphatic heterocycles. The fraction of sp³-hybridized carbons (Fsp3) is 0.130. The molecule has 7 nitrogen and oxygen atoms in total. The Labute approximate surface area is 183 Å². The van der Waals surface area contributed by atoms with Crippen molar-refractivity contribution in [3.63, 3.8) is 0 Å². The van der Waals surface area contributed by atoms with Crippen LogP contribution in [0.3, 0.4) is 0 Å². The normalized spacial score (nSPS) is 10.7. The van der Waals surface area contributed by atoms with Crippen LogP contribution in [0.2, 0.25) is 5.02 Å². The van der Waals surface area contributed by atoms with Crippen molar-refractivity contribution in [2.75, 3.05) is 26.6 Å². The first kappa shape index (κ1) is 20.6. The quantitative estimate of drug-likeness (QED) is 0.432. The standard InChI is InChI=1S/C23H19ClN2O5/c1-28-19-10-14(11-20(29-2)21(19)30-3)22(27)25-16-7-4-13(5-8-16)23-26-17-12-15(24)6-9-18(17)31-23/h4-12H,1-3H3,(H,25,27). The number of carbonyl (C=O) groups is 1. The van der Waals surface area contributed by atoms with E-state index < -0.39 is 0 Å². The molecule has 3 aromatic carbocycles. The number of hydrogen-bond acceptors (Lipinski definition) is 6. The van der Waals surface area contributed by atoms with E-state index >= 15 is 0 Å². The van der Waals surface area contributed by atoms with Gasteiger partial charge in [-0.1, -0.05) is 11.6 Å². The van der Waals surface area contributed by atoms with E-state index in [9.17, 15) is 4.79 Å². The van der Waals surface area contributed by atoms with Gasteiger partial charge in [0.05, 0.1) is 21.3 Å². The number of halogens is 1. The van der Waals surface area contributed by atoms with Crippen LogP contribution in [0, 0.1) is 0 Å². The number of methoxy groups -OCH3 is 3. The van der Waals surface area contributed by atoms with Gasteiger partial charge in [0, 0.05) is 21.8 Å². The number of amides is 1. The number of rotatable bonds is 6. The lowest BCUT2D eigenvalue weighted by Crippen LogP contribution is -2.12. The van der Waals surface area contributed by atoms with E-state index in [2.05, 4.69) is 10.3 Å². The molecule has 0 saturated heterocycles. The summed E-state index contributed by atoms with van der Waals surface area (Å²) in [5.74, 6) is 1.38. The van der Waals surface area contributed by atoms with Gasteiger partial charge in [0.15, 0.2) is 17.1 Å². The maximum Gasteiger partial charge on any atom is 0.255 e. The third kappa shape index (κ3) is 4.13. The molecule has 0 aliphatic rings. The van der Waals surface area contributed by atoms with Crippen LogP contribution in [0.25, 0.3) is 22.6 Å². The van der Waals surface area contributed by atoms with Crippen molar-refractivity contribution in [3.8, 4) is 28.7 Å². The molecule has 1 aromatic heterocycles. The summed E-state index contributed by atoms with van der Waals surface area (Å²) in [6.07, 6.45) is 0. The minimum Gasteiger partial charge on any atom is -0.493 e. The molecule has 0 atom stereocenters. The molecule has 0 spiro atoms. The van der Waals surface area contributed by atoms with Crippen LogP contribution in [0.4, 0.5) is 5.69 Å². The summed E-state index contributed by atoms with van der Waals surface area (Å²) in [5.41, 5.74) is 3.09. The molecule has 8 heteroatoms. The second-order valence-corrected chi connectivity index (χ2v) is 7.01. The van der Waals surface area contributed by atoms with E-state index in [1.165, 1.54) is 21.3 Å². The van der Waals surface area contributed by atoms with Crippen LogP contribution in [-0.4, -0.2) is 32.2 Å². The predicted molar refractivity (Wildman–Crippen MR) is 119 cm³/mol. The second kappa shape index (κ2) is 8.57. The van der Waals surface area contributed by atoms with Crippen LogP contribution >= 0.6 is 11.6 Å². The summed E-state index contributed by atoms with van der Waals surface area (Å²) in [6.45, 7) is 0. The first-order valence-corrected chi connectivity index (χ1v) is 9.68. The van der Waals surface area contributed by atoms with Gasteiger partial charge in [0.25, 0.3) is 5.91 Å². The molecule has 0 bridgehead atoms. The van der Waals surface area contributed by atoms with Crippen molar-refractivity contribution in [1.29, 1.82) is 0 Å². The largest absolute Gasteiger partial charge is 0.493 e. The maximum atomic E-state index is 12.7. The molecule has 0 saturated carbocycles. The van der Waals surface area contributed by atoms with Crippen molar-refractivity contribution in [3.05, 3.63) is 65.2 Å². The third-order valence-electron chi connectivity index (χ3n) is 4.67. The molecule has 0 aliphatic carbocycles. The monoisotopic (exact) mass is 438 g/mol. The smallest absolute Gasteiger partial charge is 0.255 e. The molecule has 31 heavy (non-hydrogen) atoms. The Kier molecular flexibility index (Phi) is 5.68. The number of fused-ring (bicyclic) bond motifs is 1. The van der Waals surface area contributed by atoms with Gasteiger partial charge in [0.1, 0.15) is 5.52 Å². The lowest BCUT2D eigenvalue weighted by atomic mass is 10.1. The number of hydrogen-bond donors (Lipinski definition) is 1. The number of carbonyl (C=O) groups excluding carboxylic acids is 1. The van der Waals surface area contributed by atoms with Crippen molar-refractivity contribution < 1.29 is 23.4 Å². The van der Waals surface area contributed by atoms with Gasteiger partial charge >= 0.3 is 0 Å².